The van der Waals surface area contributed by atoms with E-state index in [2.05, 4.69) is 5.32 Å². The zero-order valence-corrected chi connectivity index (χ0v) is 9.53. The number of carbonyl (C=O) groups is 2. The molecule has 1 fully saturated rings. The van der Waals surface area contributed by atoms with Crippen molar-refractivity contribution in [2.24, 2.45) is 5.41 Å². The van der Waals surface area contributed by atoms with Gasteiger partial charge in [-0.3, -0.25) is 4.79 Å². The molecule has 0 aromatic rings. The van der Waals surface area contributed by atoms with Crippen molar-refractivity contribution in [1.82, 2.24) is 5.32 Å². The normalized spacial score (nSPS) is 20.4. The highest BCUT2D eigenvalue weighted by Gasteiger charge is 2.35. The van der Waals surface area contributed by atoms with E-state index >= 15 is 0 Å². The van der Waals surface area contributed by atoms with Crippen LogP contribution in [-0.4, -0.2) is 34.7 Å². The topological polar surface area (TPSA) is 86.6 Å². The van der Waals surface area contributed by atoms with Crippen LogP contribution >= 0.6 is 0 Å². The van der Waals surface area contributed by atoms with Crippen LogP contribution in [0.25, 0.3) is 0 Å². The summed E-state index contributed by atoms with van der Waals surface area (Å²) < 4.78 is 0. The highest BCUT2D eigenvalue weighted by molar-refractivity contribution is 5.82. The maximum Gasteiger partial charge on any atom is 0.332 e. The third kappa shape index (κ3) is 3.20. The van der Waals surface area contributed by atoms with Crippen LogP contribution in [0.1, 0.15) is 39.0 Å². The Balaban J connectivity index is 2.27. The predicted octanol–water partition coefficient (Wildman–Crippen LogP) is 0.518. The highest BCUT2D eigenvalue weighted by atomic mass is 16.4. The Bertz CT molecular complexity index is 271. The van der Waals surface area contributed by atoms with Crippen LogP contribution in [0, 0.1) is 5.41 Å². The van der Waals surface area contributed by atoms with Gasteiger partial charge < -0.3 is 15.5 Å². The van der Waals surface area contributed by atoms with Crippen molar-refractivity contribution >= 4 is 11.9 Å². The van der Waals surface area contributed by atoms with Gasteiger partial charge in [-0.05, 0) is 12.8 Å². The lowest BCUT2D eigenvalue weighted by Crippen LogP contribution is -2.39. The van der Waals surface area contributed by atoms with Gasteiger partial charge in [0.25, 0.3) is 0 Å². The number of hydrogen-bond donors (Lipinski definition) is 3. The Kier molecular flexibility index (Phi) is 4.29. The molecular formula is C11H19NO4. The molecule has 92 valence electrons. The van der Waals surface area contributed by atoms with Crippen LogP contribution < -0.4 is 5.32 Å². The Hall–Kier alpha value is -1.10. The summed E-state index contributed by atoms with van der Waals surface area (Å²) in [5.74, 6) is -1.27. The van der Waals surface area contributed by atoms with Gasteiger partial charge in [-0.25, -0.2) is 4.79 Å². The number of carboxylic acids is 1. The molecule has 1 atom stereocenters. The number of carbonyl (C=O) groups excluding carboxylic acids is 1. The maximum atomic E-state index is 11.8. The minimum absolute atomic E-state index is 0.0254. The van der Waals surface area contributed by atoms with Crippen molar-refractivity contribution in [3.63, 3.8) is 0 Å². The SMILES string of the molecule is CC1(C(=O)NCCC(O)C(=O)O)CCCC1. The second kappa shape index (κ2) is 5.30. The largest absolute Gasteiger partial charge is 0.479 e. The Morgan fingerprint density at radius 2 is 1.94 bits per heavy atom. The number of aliphatic carboxylic acids is 1. The van der Waals surface area contributed by atoms with Crippen molar-refractivity contribution in [2.45, 2.75) is 45.1 Å². The van der Waals surface area contributed by atoms with Gasteiger partial charge in [0, 0.05) is 18.4 Å². The molecule has 0 aliphatic heterocycles. The number of hydrogen-bond acceptors (Lipinski definition) is 3. The van der Waals surface area contributed by atoms with E-state index in [4.69, 9.17) is 10.2 Å². The summed E-state index contributed by atoms with van der Waals surface area (Å²) in [6, 6.07) is 0. The lowest BCUT2D eigenvalue weighted by atomic mass is 9.88. The molecule has 0 aromatic carbocycles. The Morgan fingerprint density at radius 1 is 1.38 bits per heavy atom. The molecule has 1 unspecified atom stereocenters. The van der Waals surface area contributed by atoms with Crippen LogP contribution in [0.4, 0.5) is 0 Å². The van der Waals surface area contributed by atoms with Gasteiger partial charge in [-0.2, -0.15) is 0 Å². The van der Waals surface area contributed by atoms with Crippen LogP contribution in [0.2, 0.25) is 0 Å². The number of nitrogens with one attached hydrogen (secondary N) is 1. The van der Waals surface area contributed by atoms with Crippen LogP contribution in [-0.2, 0) is 9.59 Å². The fourth-order valence-electron chi connectivity index (χ4n) is 2.04. The molecule has 1 saturated carbocycles. The average Bonchev–Trinajstić information content (AvgIpc) is 2.66. The lowest BCUT2D eigenvalue weighted by molar-refractivity contribution is -0.147. The summed E-state index contributed by atoms with van der Waals surface area (Å²) >= 11 is 0. The number of aliphatic hydroxyl groups is 1. The quantitative estimate of drug-likeness (QED) is 0.641. The summed E-state index contributed by atoms with van der Waals surface area (Å²) in [6.07, 6.45) is 2.58. The zero-order chi connectivity index (χ0) is 12.2. The Labute approximate surface area is 94.8 Å². The van der Waals surface area contributed by atoms with Crippen molar-refractivity contribution in [1.29, 1.82) is 0 Å². The molecule has 0 aromatic heterocycles. The molecule has 16 heavy (non-hydrogen) atoms. The fraction of sp³-hybridized carbons (Fsp3) is 0.818. The number of amides is 1. The summed E-state index contributed by atoms with van der Waals surface area (Å²) in [6.45, 7) is 2.14. The molecule has 1 rings (SSSR count). The summed E-state index contributed by atoms with van der Waals surface area (Å²) in [7, 11) is 0. The molecule has 0 radical (unpaired) electrons. The van der Waals surface area contributed by atoms with Gasteiger partial charge in [0.05, 0.1) is 0 Å². The van der Waals surface area contributed by atoms with Crippen LogP contribution in [0.15, 0.2) is 0 Å². The van der Waals surface area contributed by atoms with Crippen molar-refractivity contribution in [3.05, 3.63) is 0 Å². The first-order valence-corrected chi connectivity index (χ1v) is 5.65. The second-order valence-electron chi connectivity index (χ2n) is 4.67. The van der Waals surface area contributed by atoms with E-state index in [9.17, 15) is 9.59 Å². The van der Waals surface area contributed by atoms with Crippen LogP contribution in [0.3, 0.4) is 0 Å². The first kappa shape index (κ1) is 13.0. The molecule has 5 heteroatoms. The van der Waals surface area contributed by atoms with Crippen molar-refractivity contribution in [3.8, 4) is 0 Å². The van der Waals surface area contributed by atoms with Gasteiger partial charge in [-0.1, -0.05) is 19.8 Å². The van der Waals surface area contributed by atoms with Crippen molar-refractivity contribution < 1.29 is 19.8 Å². The molecule has 3 N–H and O–H groups in total. The molecule has 0 spiro atoms. The highest BCUT2D eigenvalue weighted by Crippen LogP contribution is 2.37. The van der Waals surface area contributed by atoms with E-state index < -0.39 is 12.1 Å². The molecule has 0 bridgehead atoms. The van der Waals surface area contributed by atoms with E-state index in [0.29, 0.717) is 0 Å². The first-order valence-electron chi connectivity index (χ1n) is 5.65. The van der Waals surface area contributed by atoms with E-state index in [1.165, 1.54) is 0 Å². The van der Waals surface area contributed by atoms with E-state index in [-0.39, 0.29) is 24.3 Å². The second-order valence-corrected chi connectivity index (χ2v) is 4.67. The molecule has 0 heterocycles. The summed E-state index contributed by atoms with van der Waals surface area (Å²) in [5, 5.41) is 20.2. The van der Waals surface area contributed by atoms with E-state index in [1.54, 1.807) is 0 Å². The lowest BCUT2D eigenvalue weighted by Gasteiger charge is -2.22. The number of carboxylic acid groups (broad SMARTS) is 1. The maximum absolute atomic E-state index is 11.8. The average molecular weight is 229 g/mol. The fourth-order valence-corrected chi connectivity index (χ4v) is 2.04. The minimum atomic E-state index is -1.39. The molecule has 1 aliphatic rings. The number of aliphatic hydroxyl groups excluding tert-OH is 1. The van der Waals surface area contributed by atoms with Gasteiger partial charge in [0.15, 0.2) is 6.10 Å². The Morgan fingerprint density at radius 3 is 2.44 bits per heavy atom. The molecule has 0 saturated heterocycles. The van der Waals surface area contributed by atoms with Gasteiger partial charge in [0.2, 0.25) is 5.91 Å². The van der Waals surface area contributed by atoms with E-state index in [1.807, 2.05) is 6.92 Å². The summed E-state index contributed by atoms with van der Waals surface area (Å²) in [4.78, 5) is 22.1. The van der Waals surface area contributed by atoms with Gasteiger partial charge in [0.1, 0.15) is 0 Å². The standard InChI is InChI=1S/C11H19NO4/c1-11(5-2-3-6-11)10(16)12-7-4-8(13)9(14)15/h8,13H,2-7H2,1H3,(H,12,16)(H,14,15). The summed E-state index contributed by atoms with van der Waals surface area (Å²) in [5.41, 5.74) is -0.297. The smallest absolute Gasteiger partial charge is 0.332 e. The van der Waals surface area contributed by atoms with Crippen molar-refractivity contribution in [2.75, 3.05) is 6.54 Å². The minimum Gasteiger partial charge on any atom is -0.479 e. The monoisotopic (exact) mass is 229 g/mol. The molecule has 1 aliphatic carbocycles. The van der Waals surface area contributed by atoms with E-state index in [0.717, 1.165) is 25.7 Å². The third-order valence-electron chi connectivity index (χ3n) is 3.24. The van der Waals surface area contributed by atoms with Crippen LogP contribution in [0.5, 0.6) is 0 Å². The first-order chi connectivity index (χ1) is 7.46. The molecular weight excluding hydrogens is 210 g/mol. The predicted molar refractivity (Wildman–Crippen MR) is 57.8 cm³/mol. The zero-order valence-electron chi connectivity index (χ0n) is 9.53. The van der Waals surface area contributed by atoms with Gasteiger partial charge >= 0.3 is 5.97 Å². The van der Waals surface area contributed by atoms with Gasteiger partial charge in [-0.15, -0.1) is 0 Å². The third-order valence-corrected chi connectivity index (χ3v) is 3.24. The molecule has 5 nitrogen and oxygen atoms in total. The number of rotatable bonds is 5. The molecule has 1 amide bonds.